The van der Waals surface area contributed by atoms with Crippen LogP contribution in [0.15, 0.2) is 48.5 Å². The second kappa shape index (κ2) is 9.03. The Hall–Kier alpha value is -2.40. The van der Waals surface area contributed by atoms with Gasteiger partial charge in [-0.1, -0.05) is 29.8 Å². The molecule has 128 valence electrons. The number of likely N-dealkylation sites (N-methyl/N-ethyl adjacent to an activating group) is 1. The van der Waals surface area contributed by atoms with Crippen molar-refractivity contribution in [3.8, 4) is 11.5 Å². The van der Waals surface area contributed by atoms with Gasteiger partial charge in [0.1, 0.15) is 12.4 Å². The van der Waals surface area contributed by atoms with Crippen LogP contribution in [0.5, 0.6) is 11.5 Å². The van der Waals surface area contributed by atoms with Crippen LogP contribution >= 0.6 is 11.6 Å². The van der Waals surface area contributed by atoms with E-state index in [0.717, 1.165) is 18.0 Å². The molecule has 0 atom stereocenters. The van der Waals surface area contributed by atoms with Gasteiger partial charge in [-0.2, -0.15) is 0 Å². The second-order valence-corrected chi connectivity index (χ2v) is 5.32. The Labute approximate surface area is 146 Å². The van der Waals surface area contributed by atoms with Crippen molar-refractivity contribution in [2.75, 3.05) is 31.7 Å². The largest absolute Gasteiger partial charge is 0.513 e. The van der Waals surface area contributed by atoms with E-state index < -0.39 is 6.16 Å². The molecule has 0 heterocycles. The molecule has 2 aromatic carbocycles. The molecule has 0 aliphatic carbocycles. The topological polar surface area (TPSA) is 48.0 Å². The number of ether oxygens (including phenoxy) is 3. The van der Waals surface area contributed by atoms with Crippen LogP contribution in [0.3, 0.4) is 0 Å². The molecule has 0 spiro atoms. The fourth-order valence-corrected chi connectivity index (χ4v) is 2.34. The van der Waals surface area contributed by atoms with Gasteiger partial charge in [0, 0.05) is 18.3 Å². The quantitative estimate of drug-likeness (QED) is 0.548. The van der Waals surface area contributed by atoms with Gasteiger partial charge >= 0.3 is 6.16 Å². The van der Waals surface area contributed by atoms with Crippen molar-refractivity contribution in [2.24, 2.45) is 0 Å². The monoisotopic (exact) mass is 349 g/mol. The molecule has 0 aliphatic rings. The van der Waals surface area contributed by atoms with Crippen LogP contribution in [0.25, 0.3) is 0 Å². The number of methoxy groups -OCH3 is 1. The minimum Gasteiger partial charge on any atom is -0.497 e. The average Bonchev–Trinajstić information content (AvgIpc) is 2.61. The highest BCUT2D eigenvalue weighted by atomic mass is 35.5. The SMILES string of the molecule is CCN(CCOC(=O)Oc1ccccc1Cl)c1cccc(OC)c1. The maximum absolute atomic E-state index is 11.7. The van der Waals surface area contributed by atoms with Gasteiger partial charge < -0.3 is 19.1 Å². The summed E-state index contributed by atoms with van der Waals surface area (Å²) in [4.78, 5) is 13.8. The number of halogens is 1. The molecule has 0 saturated heterocycles. The van der Waals surface area contributed by atoms with E-state index in [1.54, 1.807) is 31.4 Å². The fraction of sp³-hybridized carbons (Fsp3) is 0.278. The lowest BCUT2D eigenvalue weighted by atomic mass is 10.2. The maximum Gasteiger partial charge on any atom is 0.513 e. The first-order valence-corrected chi connectivity index (χ1v) is 8.00. The average molecular weight is 350 g/mol. The highest BCUT2D eigenvalue weighted by molar-refractivity contribution is 6.32. The second-order valence-electron chi connectivity index (χ2n) is 4.91. The number of carbonyl (C=O) groups excluding carboxylic acids is 1. The normalized spacial score (nSPS) is 10.1. The third-order valence-electron chi connectivity index (χ3n) is 3.41. The highest BCUT2D eigenvalue weighted by Gasteiger charge is 2.11. The van der Waals surface area contributed by atoms with Crippen molar-refractivity contribution in [1.82, 2.24) is 0 Å². The van der Waals surface area contributed by atoms with E-state index >= 15 is 0 Å². The molecule has 2 aromatic rings. The Morgan fingerprint density at radius 2 is 1.96 bits per heavy atom. The summed E-state index contributed by atoms with van der Waals surface area (Å²) < 4.78 is 15.4. The molecule has 0 amide bonds. The zero-order valence-corrected chi connectivity index (χ0v) is 14.5. The van der Waals surface area contributed by atoms with E-state index in [1.807, 2.05) is 31.2 Å². The van der Waals surface area contributed by atoms with Gasteiger partial charge in [0.2, 0.25) is 0 Å². The third kappa shape index (κ3) is 5.06. The van der Waals surface area contributed by atoms with Gasteiger partial charge in [0.05, 0.1) is 18.7 Å². The van der Waals surface area contributed by atoms with Crippen molar-refractivity contribution < 1.29 is 19.0 Å². The molecule has 0 fully saturated rings. The number of para-hydroxylation sites is 1. The molecule has 2 rings (SSSR count). The summed E-state index contributed by atoms with van der Waals surface area (Å²) in [5.74, 6) is 1.06. The van der Waals surface area contributed by atoms with Crippen LogP contribution in [-0.4, -0.2) is 33.0 Å². The molecule has 0 bridgehead atoms. The van der Waals surface area contributed by atoms with Crippen LogP contribution in [0, 0.1) is 0 Å². The molecule has 0 aromatic heterocycles. The Balaban J connectivity index is 1.85. The Morgan fingerprint density at radius 3 is 2.67 bits per heavy atom. The van der Waals surface area contributed by atoms with Gasteiger partial charge in [0.15, 0.2) is 5.75 Å². The van der Waals surface area contributed by atoms with E-state index in [-0.39, 0.29) is 12.4 Å². The van der Waals surface area contributed by atoms with Gasteiger partial charge in [-0.25, -0.2) is 4.79 Å². The number of hydrogen-bond donors (Lipinski definition) is 0. The smallest absolute Gasteiger partial charge is 0.497 e. The number of rotatable bonds is 7. The zero-order valence-electron chi connectivity index (χ0n) is 13.7. The van der Waals surface area contributed by atoms with E-state index in [9.17, 15) is 4.79 Å². The van der Waals surface area contributed by atoms with E-state index in [0.29, 0.717) is 11.6 Å². The minimum atomic E-state index is -0.773. The molecule has 24 heavy (non-hydrogen) atoms. The number of nitrogens with zero attached hydrogens (tertiary/aromatic N) is 1. The zero-order chi connectivity index (χ0) is 17.4. The van der Waals surface area contributed by atoms with Crippen LogP contribution in [0.4, 0.5) is 10.5 Å². The van der Waals surface area contributed by atoms with Crippen molar-refractivity contribution >= 4 is 23.4 Å². The highest BCUT2D eigenvalue weighted by Crippen LogP contribution is 2.23. The van der Waals surface area contributed by atoms with Crippen molar-refractivity contribution in [2.45, 2.75) is 6.92 Å². The number of hydrogen-bond acceptors (Lipinski definition) is 5. The van der Waals surface area contributed by atoms with Crippen LogP contribution < -0.4 is 14.4 Å². The fourth-order valence-electron chi connectivity index (χ4n) is 2.16. The Morgan fingerprint density at radius 1 is 1.17 bits per heavy atom. The van der Waals surface area contributed by atoms with Crippen LogP contribution in [-0.2, 0) is 4.74 Å². The summed E-state index contributed by atoms with van der Waals surface area (Å²) in [6.07, 6.45) is -0.773. The lowest BCUT2D eigenvalue weighted by Crippen LogP contribution is -2.28. The lowest BCUT2D eigenvalue weighted by Gasteiger charge is -2.23. The van der Waals surface area contributed by atoms with Crippen LogP contribution in [0.2, 0.25) is 5.02 Å². The molecule has 0 unspecified atom stereocenters. The standard InChI is InChI=1S/C18H20ClNO4/c1-3-20(14-7-6-8-15(13-14)22-2)11-12-23-18(21)24-17-10-5-4-9-16(17)19/h4-10,13H,3,11-12H2,1-2H3. The molecule has 5 nitrogen and oxygen atoms in total. The number of carbonyl (C=O) groups is 1. The summed E-state index contributed by atoms with van der Waals surface area (Å²) in [5, 5.41) is 0.362. The minimum absolute atomic E-state index is 0.203. The number of benzene rings is 2. The summed E-state index contributed by atoms with van der Waals surface area (Å²) in [5.41, 5.74) is 1.000. The van der Waals surface area contributed by atoms with Crippen molar-refractivity contribution in [3.05, 3.63) is 53.6 Å². The summed E-state index contributed by atoms with van der Waals surface area (Å²) in [6, 6.07) is 14.5. The molecule has 0 radical (unpaired) electrons. The van der Waals surface area contributed by atoms with Gasteiger partial charge in [0.25, 0.3) is 0 Å². The van der Waals surface area contributed by atoms with Crippen LogP contribution in [0.1, 0.15) is 6.92 Å². The predicted octanol–water partition coefficient (Wildman–Crippen LogP) is 4.39. The summed E-state index contributed by atoms with van der Waals surface area (Å²) >= 11 is 5.93. The summed E-state index contributed by atoms with van der Waals surface area (Å²) in [6.45, 7) is 3.55. The molecular formula is C18H20ClNO4. The lowest BCUT2D eigenvalue weighted by molar-refractivity contribution is 0.101. The van der Waals surface area contributed by atoms with Gasteiger partial charge in [-0.3, -0.25) is 0 Å². The van der Waals surface area contributed by atoms with E-state index in [2.05, 4.69) is 4.90 Å². The first-order chi connectivity index (χ1) is 11.6. The summed E-state index contributed by atoms with van der Waals surface area (Å²) in [7, 11) is 1.63. The number of anilines is 1. The Bertz CT molecular complexity index is 678. The first-order valence-electron chi connectivity index (χ1n) is 7.62. The molecule has 0 aliphatic heterocycles. The molecule has 0 saturated carbocycles. The van der Waals surface area contributed by atoms with Crippen molar-refractivity contribution in [3.63, 3.8) is 0 Å². The van der Waals surface area contributed by atoms with Crippen molar-refractivity contribution in [1.29, 1.82) is 0 Å². The molecular weight excluding hydrogens is 330 g/mol. The molecule has 0 N–H and O–H groups in total. The van der Waals surface area contributed by atoms with E-state index in [4.69, 9.17) is 25.8 Å². The third-order valence-corrected chi connectivity index (χ3v) is 3.72. The van der Waals surface area contributed by atoms with E-state index in [1.165, 1.54) is 0 Å². The predicted molar refractivity (Wildman–Crippen MR) is 94.3 cm³/mol. The van der Waals surface area contributed by atoms with Gasteiger partial charge in [-0.15, -0.1) is 0 Å². The van der Waals surface area contributed by atoms with Gasteiger partial charge in [-0.05, 0) is 31.2 Å². The Kier molecular flexibility index (Phi) is 6.75. The first kappa shape index (κ1) is 17.9. The molecule has 6 heteroatoms. The maximum atomic E-state index is 11.7.